The zero-order chi connectivity index (χ0) is 12.1. The fraction of sp³-hybridized carbons (Fsp3) is 0.667. The van der Waals surface area contributed by atoms with Gasteiger partial charge in [0, 0.05) is 6.54 Å². The second-order valence-corrected chi connectivity index (χ2v) is 2.82. The molecule has 0 aliphatic carbocycles. The van der Waals surface area contributed by atoms with E-state index in [9.17, 15) is 4.79 Å². The molecule has 7 heteroatoms. The number of rotatable bonds is 9. The molecule has 0 bridgehead atoms. The molecular weight excluding hydrogens is 238 g/mol. The summed E-state index contributed by atoms with van der Waals surface area (Å²) in [6.07, 6.45) is 2.51. The summed E-state index contributed by atoms with van der Waals surface area (Å²) in [5.74, 6) is 0. The van der Waals surface area contributed by atoms with Gasteiger partial charge in [-0.1, -0.05) is 6.08 Å². The Hall–Kier alpha value is -0.820. The lowest BCUT2D eigenvalue weighted by atomic mass is 10.5. The van der Waals surface area contributed by atoms with Crippen LogP contribution < -0.4 is 5.32 Å². The lowest BCUT2D eigenvalue weighted by Gasteiger charge is -2.05. The third-order valence-corrected chi connectivity index (χ3v) is 1.56. The molecule has 0 aliphatic heterocycles. The Balaban J connectivity index is 3.20. The first-order valence-corrected chi connectivity index (χ1v) is 5.10. The smallest absolute Gasteiger partial charge is 0.407 e. The first-order chi connectivity index (χ1) is 7.81. The SMILES string of the molecule is O=C(NCCOCCOCl)OC/C=C\CO. The molecule has 0 unspecified atom stereocenters. The fourth-order valence-electron chi connectivity index (χ4n) is 0.735. The summed E-state index contributed by atoms with van der Waals surface area (Å²) in [5.41, 5.74) is 0. The van der Waals surface area contributed by atoms with Gasteiger partial charge in [-0.25, -0.2) is 4.79 Å². The number of nitrogens with one attached hydrogen (secondary N) is 1. The van der Waals surface area contributed by atoms with E-state index in [1.54, 1.807) is 6.08 Å². The number of amides is 1. The van der Waals surface area contributed by atoms with Crippen molar-refractivity contribution in [1.82, 2.24) is 5.32 Å². The largest absolute Gasteiger partial charge is 0.445 e. The summed E-state index contributed by atoms with van der Waals surface area (Å²) in [7, 11) is 0. The van der Waals surface area contributed by atoms with Gasteiger partial charge in [0.1, 0.15) is 6.61 Å². The van der Waals surface area contributed by atoms with Gasteiger partial charge in [0.25, 0.3) is 0 Å². The van der Waals surface area contributed by atoms with E-state index < -0.39 is 6.09 Å². The quantitative estimate of drug-likeness (QED) is 0.461. The second-order valence-electron chi connectivity index (χ2n) is 2.60. The topological polar surface area (TPSA) is 77.0 Å². The van der Waals surface area contributed by atoms with Crippen molar-refractivity contribution < 1.29 is 23.7 Å². The number of aliphatic hydroxyl groups is 1. The molecule has 94 valence electrons. The van der Waals surface area contributed by atoms with E-state index in [-0.39, 0.29) is 13.2 Å². The van der Waals surface area contributed by atoms with E-state index in [0.717, 1.165) is 0 Å². The van der Waals surface area contributed by atoms with Gasteiger partial charge in [0.05, 0.1) is 38.3 Å². The maximum atomic E-state index is 11.0. The van der Waals surface area contributed by atoms with Crippen LogP contribution in [0.4, 0.5) is 4.79 Å². The monoisotopic (exact) mass is 253 g/mol. The molecule has 0 spiro atoms. The minimum absolute atomic E-state index is 0.0680. The first kappa shape index (κ1) is 15.2. The predicted octanol–water partition coefficient (Wildman–Crippen LogP) is 0.448. The van der Waals surface area contributed by atoms with Crippen molar-refractivity contribution in [1.29, 1.82) is 0 Å². The summed E-state index contributed by atoms with van der Waals surface area (Å²) < 4.78 is 14.0. The Bertz CT molecular complexity index is 200. The average Bonchev–Trinajstić information content (AvgIpc) is 2.29. The number of alkyl carbamates (subject to hydrolysis) is 1. The standard InChI is InChI=1S/C9H16ClNO5/c10-16-8-7-14-6-3-11-9(13)15-5-2-1-4-12/h1-2,12H,3-8H2,(H,11,13)/b2-1-. The van der Waals surface area contributed by atoms with Gasteiger partial charge < -0.3 is 19.9 Å². The molecule has 16 heavy (non-hydrogen) atoms. The molecule has 0 aromatic heterocycles. The van der Waals surface area contributed by atoms with Crippen LogP contribution in [0, 0.1) is 0 Å². The summed E-state index contributed by atoms with van der Waals surface area (Å²) in [4.78, 5) is 11.0. The highest BCUT2D eigenvalue weighted by molar-refractivity contribution is 6.07. The summed E-state index contributed by atoms with van der Waals surface area (Å²) in [6.45, 7) is 1.46. The molecule has 0 heterocycles. The van der Waals surface area contributed by atoms with E-state index in [2.05, 4.69) is 9.61 Å². The maximum Gasteiger partial charge on any atom is 0.407 e. The highest BCUT2D eigenvalue weighted by Gasteiger charge is 1.98. The van der Waals surface area contributed by atoms with Crippen molar-refractivity contribution >= 4 is 18.0 Å². The summed E-state index contributed by atoms with van der Waals surface area (Å²) in [5, 5.41) is 10.9. The molecule has 0 aromatic carbocycles. The van der Waals surface area contributed by atoms with Crippen molar-refractivity contribution in [3.05, 3.63) is 12.2 Å². The summed E-state index contributed by atoms with van der Waals surface area (Å²) >= 11 is 4.95. The Labute approximate surface area is 99.3 Å². The molecule has 0 atom stereocenters. The predicted molar refractivity (Wildman–Crippen MR) is 58.2 cm³/mol. The number of hydrogen-bond donors (Lipinski definition) is 2. The van der Waals surface area contributed by atoms with Crippen molar-refractivity contribution in [3.8, 4) is 0 Å². The van der Waals surface area contributed by atoms with Crippen LogP contribution in [-0.4, -0.2) is 50.8 Å². The highest BCUT2D eigenvalue weighted by Crippen LogP contribution is 1.82. The highest BCUT2D eigenvalue weighted by atomic mass is 35.5. The van der Waals surface area contributed by atoms with Gasteiger partial charge in [-0.3, -0.25) is 4.29 Å². The first-order valence-electron chi connectivity index (χ1n) is 4.79. The lowest BCUT2D eigenvalue weighted by molar-refractivity contribution is 0.102. The van der Waals surface area contributed by atoms with E-state index in [1.807, 2.05) is 0 Å². The Morgan fingerprint density at radius 2 is 2.12 bits per heavy atom. The molecule has 1 amide bonds. The van der Waals surface area contributed by atoms with Crippen LogP contribution in [0.3, 0.4) is 0 Å². The van der Waals surface area contributed by atoms with Gasteiger partial charge in [-0.15, -0.1) is 0 Å². The molecule has 2 N–H and O–H groups in total. The van der Waals surface area contributed by atoms with Crippen LogP contribution in [0.2, 0.25) is 0 Å². The van der Waals surface area contributed by atoms with Crippen LogP contribution in [0.5, 0.6) is 0 Å². The molecule has 0 saturated heterocycles. The summed E-state index contributed by atoms with van der Waals surface area (Å²) in [6, 6.07) is 0. The van der Waals surface area contributed by atoms with Crippen LogP contribution in [-0.2, 0) is 13.8 Å². The van der Waals surface area contributed by atoms with Crippen molar-refractivity contribution in [3.63, 3.8) is 0 Å². The van der Waals surface area contributed by atoms with Crippen LogP contribution in [0.1, 0.15) is 0 Å². The fourth-order valence-corrected chi connectivity index (χ4v) is 0.798. The van der Waals surface area contributed by atoms with Crippen LogP contribution >= 0.6 is 11.9 Å². The molecule has 0 radical (unpaired) electrons. The molecule has 0 saturated carbocycles. The molecule has 0 rings (SSSR count). The van der Waals surface area contributed by atoms with E-state index >= 15 is 0 Å². The van der Waals surface area contributed by atoms with E-state index in [4.69, 9.17) is 26.4 Å². The minimum atomic E-state index is -0.528. The zero-order valence-electron chi connectivity index (χ0n) is 8.86. The molecular formula is C9H16ClNO5. The number of aliphatic hydroxyl groups excluding tert-OH is 1. The molecule has 0 fully saturated rings. The molecule has 0 aromatic rings. The number of halogens is 1. The third kappa shape index (κ3) is 11.3. The number of carbonyl (C=O) groups is 1. The Morgan fingerprint density at radius 1 is 1.31 bits per heavy atom. The lowest BCUT2D eigenvalue weighted by Crippen LogP contribution is -2.28. The van der Waals surface area contributed by atoms with Gasteiger partial charge in [0.15, 0.2) is 0 Å². The van der Waals surface area contributed by atoms with Crippen LogP contribution in [0.25, 0.3) is 0 Å². The number of carbonyl (C=O) groups excluding carboxylic acids is 1. The van der Waals surface area contributed by atoms with Gasteiger partial charge >= 0.3 is 6.09 Å². The van der Waals surface area contributed by atoms with E-state index in [1.165, 1.54) is 6.08 Å². The van der Waals surface area contributed by atoms with Crippen molar-refractivity contribution in [2.24, 2.45) is 0 Å². The maximum absolute atomic E-state index is 11.0. The average molecular weight is 254 g/mol. The third-order valence-electron chi connectivity index (χ3n) is 1.40. The van der Waals surface area contributed by atoms with Gasteiger partial charge in [0.2, 0.25) is 0 Å². The van der Waals surface area contributed by atoms with Crippen molar-refractivity contribution in [2.45, 2.75) is 0 Å². The Kier molecular flexibility index (Phi) is 11.6. The van der Waals surface area contributed by atoms with E-state index in [0.29, 0.717) is 26.4 Å². The normalized spacial score (nSPS) is 10.6. The molecule has 0 aliphatic rings. The van der Waals surface area contributed by atoms with Gasteiger partial charge in [-0.2, -0.15) is 0 Å². The van der Waals surface area contributed by atoms with Crippen LogP contribution in [0.15, 0.2) is 12.2 Å². The van der Waals surface area contributed by atoms with Crippen molar-refractivity contribution in [2.75, 3.05) is 39.6 Å². The number of hydrogen-bond acceptors (Lipinski definition) is 5. The minimum Gasteiger partial charge on any atom is -0.445 e. The zero-order valence-corrected chi connectivity index (χ0v) is 9.61. The van der Waals surface area contributed by atoms with Gasteiger partial charge in [-0.05, 0) is 6.08 Å². The Morgan fingerprint density at radius 3 is 2.81 bits per heavy atom. The second kappa shape index (κ2) is 12.3. The number of ether oxygens (including phenoxy) is 2. The molecule has 6 nitrogen and oxygen atoms in total.